The Bertz CT molecular complexity index is 1040. The predicted octanol–water partition coefficient (Wildman–Crippen LogP) is 1.72. The minimum absolute atomic E-state index is 0.110. The molecule has 9 nitrogen and oxygen atoms in total. The van der Waals surface area contributed by atoms with Crippen molar-refractivity contribution in [2.75, 3.05) is 18.9 Å². The number of hydrogen-bond acceptors (Lipinski definition) is 8. The van der Waals surface area contributed by atoms with Crippen molar-refractivity contribution in [2.45, 2.75) is 25.4 Å². The maximum atomic E-state index is 11.1. The van der Waals surface area contributed by atoms with Crippen molar-refractivity contribution in [2.24, 2.45) is 5.16 Å². The number of carbonyl (C=O) groups is 1. The number of ether oxygens (including phenoxy) is 1. The quantitative estimate of drug-likeness (QED) is 0.776. The lowest BCUT2D eigenvalue weighted by atomic mass is 9.70. The second-order valence-electron chi connectivity index (χ2n) is 7.12. The number of hydrogen-bond donors (Lipinski definition) is 2. The minimum Gasteiger partial charge on any atom is -0.441 e. The summed E-state index contributed by atoms with van der Waals surface area (Å²) in [4.78, 5) is 25.2. The van der Waals surface area contributed by atoms with Crippen LogP contribution in [0.3, 0.4) is 0 Å². The Morgan fingerprint density at radius 1 is 1.43 bits per heavy atom. The highest BCUT2D eigenvalue weighted by molar-refractivity contribution is 6.15. The summed E-state index contributed by atoms with van der Waals surface area (Å²) in [6.07, 6.45) is 0.544. The number of fused-ring (bicyclic) bond motifs is 3. The number of aromatic nitrogens is 2. The molecule has 2 aliphatic rings. The number of nitriles is 1. The zero-order chi connectivity index (χ0) is 19.9. The fraction of sp³-hybridized carbons (Fsp3) is 0.316. The molecule has 2 aromatic rings. The highest BCUT2D eigenvalue weighted by Gasteiger charge is 2.41. The molecule has 1 fully saturated rings. The number of carbonyl (C=O) groups excluding carboxylic acids is 1. The molecule has 0 radical (unpaired) electrons. The van der Waals surface area contributed by atoms with E-state index in [1.165, 1.54) is 6.33 Å². The summed E-state index contributed by atoms with van der Waals surface area (Å²) >= 11 is 0. The van der Waals surface area contributed by atoms with Crippen LogP contribution in [0.15, 0.2) is 29.7 Å². The molecular weight excluding hydrogens is 360 g/mol. The molecule has 1 aliphatic heterocycles. The normalized spacial score (nSPS) is 20.5. The molecule has 28 heavy (non-hydrogen) atoms. The second kappa shape index (κ2) is 6.49. The first-order valence-corrected chi connectivity index (χ1v) is 8.72. The first-order valence-electron chi connectivity index (χ1n) is 8.72. The number of alkyl carbamates (subject to hydrolysis) is 1. The molecule has 1 saturated heterocycles. The van der Waals surface area contributed by atoms with Crippen molar-refractivity contribution in [1.29, 1.82) is 5.26 Å². The van der Waals surface area contributed by atoms with Crippen LogP contribution in [0.1, 0.15) is 30.5 Å². The molecule has 1 atom stereocenters. The summed E-state index contributed by atoms with van der Waals surface area (Å²) < 4.78 is 5.06. The van der Waals surface area contributed by atoms with E-state index < -0.39 is 17.6 Å². The van der Waals surface area contributed by atoms with Gasteiger partial charge in [0, 0.05) is 22.1 Å². The molecule has 0 bridgehead atoms. The average molecular weight is 378 g/mol. The van der Waals surface area contributed by atoms with E-state index in [1.54, 1.807) is 12.1 Å². The van der Waals surface area contributed by atoms with Gasteiger partial charge >= 0.3 is 6.09 Å². The minimum atomic E-state index is -0.660. The van der Waals surface area contributed by atoms with E-state index >= 15 is 0 Å². The van der Waals surface area contributed by atoms with Crippen molar-refractivity contribution in [3.05, 3.63) is 41.2 Å². The molecule has 1 aromatic carbocycles. The van der Waals surface area contributed by atoms with Gasteiger partial charge in [0.05, 0.1) is 29.6 Å². The first kappa shape index (κ1) is 17.7. The maximum Gasteiger partial charge on any atom is 0.407 e. The Balaban J connectivity index is 1.79. The topological polar surface area (TPSA) is 136 Å². The van der Waals surface area contributed by atoms with Gasteiger partial charge in [-0.1, -0.05) is 11.2 Å². The third-order valence-corrected chi connectivity index (χ3v) is 4.92. The van der Waals surface area contributed by atoms with E-state index in [1.807, 2.05) is 19.9 Å². The van der Waals surface area contributed by atoms with E-state index in [0.717, 1.165) is 16.7 Å². The van der Waals surface area contributed by atoms with Crippen LogP contribution >= 0.6 is 0 Å². The zero-order valence-corrected chi connectivity index (χ0v) is 15.4. The Labute approximate surface area is 161 Å². The van der Waals surface area contributed by atoms with Crippen LogP contribution in [0.5, 0.6) is 0 Å². The van der Waals surface area contributed by atoms with E-state index in [0.29, 0.717) is 29.3 Å². The van der Waals surface area contributed by atoms with Gasteiger partial charge in [-0.2, -0.15) is 5.26 Å². The largest absolute Gasteiger partial charge is 0.441 e. The summed E-state index contributed by atoms with van der Waals surface area (Å²) in [6, 6.07) is 7.46. The zero-order valence-electron chi connectivity index (χ0n) is 15.4. The van der Waals surface area contributed by atoms with Gasteiger partial charge in [-0.25, -0.2) is 14.8 Å². The smallest absolute Gasteiger partial charge is 0.407 e. The number of nitrogens with zero attached hydrogens (tertiary/aromatic N) is 4. The van der Waals surface area contributed by atoms with Crippen molar-refractivity contribution in [3.63, 3.8) is 0 Å². The molecule has 1 aromatic heterocycles. The summed E-state index contributed by atoms with van der Waals surface area (Å²) in [5.74, 6) is 0.367. The first-order chi connectivity index (χ1) is 13.4. The number of cyclic esters (lactones) is 1. The predicted molar refractivity (Wildman–Crippen MR) is 100 cm³/mol. The van der Waals surface area contributed by atoms with Crippen LogP contribution < -0.4 is 11.1 Å². The SMILES string of the molecule is CC1(C)/C(=N/OC[C@@H]2CNC(=O)O2)c2cc(C#N)ccc2-c2ncnc(N)c21. The summed E-state index contributed by atoms with van der Waals surface area (Å²) in [6.45, 7) is 4.38. The van der Waals surface area contributed by atoms with Crippen LogP contribution in [0, 0.1) is 11.3 Å². The van der Waals surface area contributed by atoms with Crippen LogP contribution in [0.25, 0.3) is 11.3 Å². The Kier molecular flexibility index (Phi) is 4.11. The van der Waals surface area contributed by atoms with Crippen molar-refractivity contribution >= 4 is 17.6 Å². The monoisotopic (exact) mass is 378 g/mol. The van der Waals surface area contributed by atoms with Gasteiger partial charge in [-0.15, -0.1) is 0 Å². The second-order valence-corrected chi connectivity index (χ2v) is 7.12. The van der Waals surface area contributed by atoms with Gasteiger partial charge < -0.3 is 20.6 Å². The lowest BCUT2D eigenvalue weighted by molar-refractivity contribution is 0.0487. The molecule has 142 valence electrons. The number of benzene rings is 1. The fourth-order valence-corrected chi connectivity index (χ4v) is 3.56. The molecule has 3 N–H and O–H groups in total. The molecule has 0 saturated carbocycles. The summed E-state index contributed by atoms with van der Waals surface area (Å²) in [5, 5.41) is 16.2. The Morgan fingerprint density at radius 3 is 2.96 bits per heavy atom. The molecule has 2 heterocycles. The van der Waals surface area contributed by atoms with Gasteiger partial charge in [0.1, 0.15) is 12.1 Å². The number of rotatable bonds is 3. The van der Waals surface area contributed by atoms with Crippen LogP contribution in [-0.4, -0.2) is 41.0 Å². The summed E-state index contributed by atoms with van der Waals surface area (Å²) in [7, 11) is 0. The van der Waals surface area contributed by atoms with Gasteiger partial charge in [0.15, 0.2) is 12.7 Å². The number of amides is 1. The lowest BCUT2D eigenvalue weighted by Gasteiger charge is -2.34. The van der Waals surface area contributed by atoms with Gasteiger partial charge in [0.2, 0.25) is 0 Å². The van der Waals surface area contributed by atoms with Crippen molar-refractivity contribution < 1.29 is 14.4 Å². The van der Waals surface area contributed by atoms with Crippen LogP contribution in [-0.2, 0) is 15.0 Å². The molecule has 0 unspecified atom stereocenters. The van der Waals surface area contributed by atoms with E-state index in [-0.39, 0.29) is 6.61 Å². The molecule has 1 amide bonds. The number of nitrogen functional groups attached to an aromatic ring is 1. The van der Waals surface area contributed by atoms with Gasteiger partial charge in [-0.05, 0) is 26.0 Å². The van der Waals surface area contributed by atoms with Crippen molar-refractivity contribution in [1.82, 2.24) is 15.3 Å². The van der Waals surface area contributed by atoms with Crippen LogP contribution in [0.2, 0.25) is 0 Å². The third kappa shape index (κ3) is 2.79. The third-order valence-electron chi connectivity index (χ3n) is 4.92. The van der Waals surface area contributed by atoms with E-state index in [9.17, 15) is 10.1 Å². The maximum absolute atomic E-state index is 11.1. The van der Waals surface area contributed by atoms with Gasteiger partial charge in [-0.3, -0.25) is 0 Å². The highest BCUT2D eigenvalue weighted by atomic mass is 16.7. The molecule has 4 rings (SSSR count). The molecule has 1 aliphatic carbocycles. The number of nitrogens with one attached hydrogen (secondary N) is 1. The van der Waals surface area contributed by atoms with E-state index in [4.69, 9.17) is 15.3 Å². The highest BCUT2D eigenvalue weighted by Crippen LogP contribution is 2.44. The fourth-order valence-electron chi connectivity index (χ4n) is 3.56. The summed E-state index contributed by atoms with van der Waals surface area (Å²) in [5.41, 5.74) is 9.63. The lowest BCUT2D eigenvalue weighted by Crippen LogP contribution is -2.36. The number of nitrogens with two attached hydrogens (primary N) is 1. The molecular formula is C19H18N6O3. The molecule has 0 spiro atoms. The Morgan fingerprint density at radius 2 is 2.25 bits per heavy atom. The number of oxime groups is 1. The van der Waals surface area contributed by atoms with Crippen molar-refractivity contribution in [3.8, 4) is 17.3 Å². The number of anilines is 1. The standard InChI is InChI=1S/C19H18N6O3/c1-19(2)14-15(23-9-24-17(14)21)12-4-3-10(6-20)5-13(12)16(19)25-27-8-11-7-22-18(26)28-11/h3-5,9,11H,7-8H2,1-2H3,(H,22,26)(H2,21,23,24)/b25-16+/t11-/m0/s1. The Hall–Kier alpha value is -3.67. The molecule has 9 heteroatoms. The van der Waals surface area contributed by atoms with E-state index in [2.05, 4.69) is 26.5 Å². The van der Waals surface area contributed by atoms with Crippen LogP contribution in [0.4, 0.5) is 10.6 Å². The van der Waals surface area contributed by atoms with Gasteiger partial charge in [0.25, 0.3) is 0 Å². The average Bonchev–Trinajstić information content (AvgIpc) is 3.08.